The standard InChI is InChI=1S/C14H21NO3/c16-13(15-9-8-10-4-3-5-10)11-6-1-2-7-12(11)14(17)18/h1-2,10-12H,3-9H2,(H,15,16)(H,17,18)/t11-,12+/m1/s1. The Morgan fingerprint density at radius 1 is 1.17 bits per heavy atom. The van der Waals surface area contributed by atoms with E-state index in [9.17, 15) is 9.59 Å². The zero-order valence-electron chi connectivity index (χ0n) is 10.6. The fourth-order valence-corrected chi connectivity index (χ4v) is 2.69. The molecule has 0 spiro atoms. The van der Waals surface area contributed by atoms with Crippen LogP contribution in [0.1, 0.15) is 38.5 Å². The number of carbonyl (C=O) groups is 2. The molecule has 0 bridgehead atoms. The van der Waals surface area contributed by atoms with Gasteiger partial charge in [0.15, 0.2) is 0 Å². The van der Waals surface area contributed by atoms with Gasteiger partial charge in [-0.3, -0.25) is 9.59 Å². The molecule has 2 N–H and O–H groups in total. The normalized spacial score (nSPS) is 27.6. The van der Waals surface area contributed by atoms with Crippen LogP contribution in [0.3, 0.4) is 0 Å². The summed E-state index contributed by atoms with van der Waals surface area (Å²) < 4.78 is 0. The van der Waals surface area contributed by atoms with Crippen molar-refractivity contribution in [1.82, 2.24) is 5.32 Å². The van der Waals surface area contributed by atoms with Crippen molar-refractivity contribution in [2.45, 2.75) is 38.5 Å². The molecule has 0 aromatic carbocycles. The van der Waals surface area contributed by atoms with E-state index in [4.69, 9.17) is 5.11 Å². The molecule has 1 saturated carbocycles. The number of carboxylic acids is 1. The summed E-state index contributed by atoms with van der Waals surface area (Å²) in [6.45, 7) is 0.691. The molecule has 0 heterocycles. The van der Waals surface area contributed by atoms with Crippen molar-refractivity contribution in [3.05, 3.63) is 12.2 Å². The largest absolute Gasteiger partial charge is 0.481 e. The van der Waals surface area contributed by atoms with Crippen molar-refractivity contribution in [3.8, 4) is 0 Å². The summed E-state index contributed by atoms with van der Waals surface area (Å²) in [4.78, 5) is 23.1. The fraction of sp³-hybridized carbons (Fsp3) is 0.714. The Hall–Kier alpha value is -1.32. The Bertz CT molecular complexity index is 347. The summed E-state index contributed by atoms with van der Waals surface area (Å²) >= 11 is 0. The van der Waals surface area contributed by atoms with Gasteiger partial charge in [0.1, 0.15) is 0 Å². The predicted octanol–water partition coefficient (Wildman–Crippen LogP) is 1.96. The number of allylic oxidation sites excluding steroid dienone is 2. The first-order valence-electron chi connectivity index (χ1n) is 6.84. The van der Waals surface area contributed by atoms with Crippen molar-refractivity contribution in [3.63, 3.8) is 0 Å². The predicted molar refractivity (Wildman–Crippen MR) is 68.0 cm³/mol. The van der Waals surface area contributed by atoms with E-state index in [1.54, 1.807) is 0 Å². The van der Waals surface area contributed by atoms with Crippen LogP contribution in [-0.2, 0) is 9.59 Å². The molecule has 0 aromatic heterocycles. The minimum atomic E-state index is -0.863. The van der Waals surface area contributed by atoms with Crippen LogP contribution < -0.4 is 5.32 Å². The minimum Gasteiger partial charge on any atom is -0.481 e. The van der Waals surface area contributed by atoms with Crippen LogP contribution in [0.2, 0.25) is 0 Å². The van der Waals surface area contributed by atoms with Gasteiger partial charge in [0.05, 0.1) is 11.8 Å². The van der Waals surface area contributed by atoms with Gasteiger partial charge in [-0.2, -0.15) is 0 Å². The highest BCUT2D eigenvalue weighted by atomic mass is 16.4. The Morgan fingerprint density at radius 2 is 1.83 bits per heavy atom. The maximum absolute atomic E-state index is 12.0. The topological polar surface area (TPSA) is 66.4 Å². The number of hydrogen-bond donors (Lipinski definition) is 2. The van der Waals surface area contributed by atoms with E-state index in [0.29, 0.717) is 19.4 Å². The van der Waals surface area contributed by atoms with Crippen LogP contribution in [-0.4, -0.2) is 23.5 Å². The number of hydrogen-bond acceptors (Lipinski definition) is 2. The van der Waals surface area contributed by atoms with Gasteiger partial charge in [-0.1, -0.05) is 31.4 Å². The van der Waals surface area contributed by atoms with Crippen LogP contribution in [0.25, 0.3) is 0 Å². The first-order chi connectivity index (χ1) is 8.68. The molecule has 4 nitrogen and oxygen atoms in total. The van der Waals surface area contributed by atoms with Gasteiger partial charge in [0, 0.05) is 6.54 Å². The average Bonchev–Trinajstić information content (AvgIpc) is 2.32. The molecule has 2 aliphatic carbocycles. The second kappa shape index (κ2) is 6.03. The van der Waals surface area contributed by atoms with E-state index in [-0.39, 0.29) is 5.91 Å². The highest BCUT2D eigenvalue weighted by Crippen LogP contribution is 2.29. The summed E-state index contributed by atoms with van der Waals surface area (Å²) in [7, 11) is 0. The van der Waals surface area contributed by atoms with Gasteiger partial charge in [-0.05, 0) is 25.2 Å². The van der Waals surface area contributed by atoms with E-state index >= 15 is 0 Å². The van der Waals surface area contributed by atoms with E-state index in [0.717, 1.165) is 12.3 Å². The van der Waals surface area contributed by atoms with E-state index in [2.05, 4.69) is 5.32 Å². The van der Waals surface area contributed by atoms with E-state index in [1.807, 2.05) is 12.2 Å². The zero-order valence-corrected chi connectivity index (χ0v) is 10.6. The number of amides is 1. The SMILES string of the molecule is O=C(O)[C@H]1CC=CC[C@H]1C(=O)NCCC1CCC1. The van der Waals surface area contributed by atoms with Crippen LogP contribution in [0.5, 0.6) is 0 Å². The summed E-state index contributed by atoms with van der Waals surface area (Å²) in [6.07, 6.45) is 9.69. The lowest BCUT2D eigenvalue weighted by Gasteiger charge is -2.27. The fourth-order valence-electron chi connectivity index (χ4n) is 2.69. The minimum absolute atomic E-state index is 0.0916. The van der Waals surface area contributed by atoms with Crippen LogP contribution in [0.4, 0.5) is 0 Å². The van der Waals surface area contributed by atoms with Crippen molar-refractivity contribution in [2.75, 3.05) is 6.54 Å². The number of nitrogens with one attached hydrogen (secondary N) is 1. The Labute approximate surface area is 107 Å². The lowest BCUT2D eigenvalue weighted by atomic mass is 9.81. The van der Waals surface area contributed by atoms with Crippen molar-refractivity contribution in [1.29, 1.82) is 0 Å². The number of rotatable bonds is 5. The van der Waals surface area contributed by atoms with E-state index < -0.39 is 17.8 Å². The third-order valence-electron chi connectivity index (χ3n) is 4.16. The highest BCUT2D eigenvalue weighted by molar-refractivity contribution is 5.85. The Kier molecular flexibility index (Phi) is 4.39. The van der Waals surface area contributed by atoms with Gasteiger partial charge in [-0.15, -0.1) is 0 Å². The lowest BCUT2D eigenvalue weighted by molar-refractivity contribution is -0.147. The second-order valence-electron chi connectivity index (χ2n) is 5.37. The molecular formula is C14H21NO3. The van der Waals surface area contributed by atoms with Crippen LogP contribution in [0, 0.1) is 17.8 Å². The number of aliphatic carboxylic acids is 1. The van der Waals surface area contributed by atoms with E-state index in [1.165, 1.54) is 19.3 Å². The van der Waals surface area contributed by atoms with Crippen molar-refractivity contribution in [2.24, 2.45) is 17.8 Å². The second-order valence-corrected chi connectivity index (χ2v) is 5.37. The molecule has 0 radical (unpaired) electrons. The molecule has 0 aliphatic heterocycles. The molecule has 1 amide bonds. The summed E-state index contributed by atoms with van der Waals surface area (Å²) in [5, 5.41) is 12.0. The molecule has 2 aliphatic rings. The Balaban J connectivity index is 1.78. The lowest BCUT2D eigenvalue weighted by Crippen LogP contribution is -2.39. The molecule has 2 rings (SSSR count). The van der Waals surface area contributed by atoms with Gasteiger partial charge in [0.2, 0.25) is 5.91 Å². The average molecular weight is 251 g/mol. The summed E-state index contributed by atoms with van der Waals surface area (Å²) in [5.41, 5.74) is 0. The molecule has 4 heteroatoms. The highest BCUT2D eigenvalue weighted by Gasteiger charge is 2.33. The molecular weight excluding hydrogens is 230 g/mol. The maximum atomic E-state index is 12.0. The van der Waals surface area contributed by atoms with Gasteiger partial charge in [-0.25, -0.2) is 0 Å². The molecule has 100 valence electrons. The quantitative estimate of drug-likeness (QED) is 0.734. The summed E-state index contributed by atoms with van der Waals surface area (Å²) in [5.74, 6) is -1.14. The molecule has 18 heavy (non-hydrogen) atoms. The first-order valence-corrected chi connectivity index (χ1v) is 6.84. The van der Waals surface area contributed by atoms with Crippen molar-refractivity contribution < 1.29 is 14.7 Å². The van der Waals surface area contributed by atoms with Crippen LogP contribution in [0.15, 0.2) is 12.2 Å². The molecule has 0 saturated heterocycles. The molecule has 0 unspecified atom stereocenters. The number of carbonyl (C=O) groups excluding carboxylic acids is 1. The van der Waals surface area contributed by atoms with Crippen molar-refractivity contribution >= 4 is 11.9 Å². The smallest absolute Gasteiger partial charge is 0.307 e. The van der Waals surface area contributed by atoms with Gasteiger partial charge >= 0.3 is 5.97 Å². The maximum Gasteiger partial charge on any atom is 0.307 e. The third-order valence-corrected chi connectivity index (χ3v) is 4.16. The third kappa shape index (κ3) is 3.12. The molecule has 0 aromatic rings. The van der Waals surface area contributed by atoms with Gasteiger partial charge < -0.3 is 10.4 Å². The monoisotopic (exact) mass is 251 g/mol. The number of carboxylic acid groups (broad SMARTS) is 1. The first kappa shape index (κ1) is 13.1. The zero-order chi connectivity index (χ0) is 13.0. The van der Waals surface area contributed by atoms with Crippen LogP contribution >= 0.6 is 0 Å². The van der Waals surface area contributed by atoms with Gasteiger partial charge in [0.25, 0.3) is 0 Å². The molecule has 2 atom stereocenters. The molecule has 1 fully saturated rings. The Morgan fingerprint density at radius 3 is 2.39 bits per heavy atom. The summed E-state index contributed by atoms with van der Waals surface area (Å²) in [6, 6.07) is 0.